The number of ketones is 1. The van der Waals surface area contributed by atoms with Crippen molar-refractivity contribution >= 4 is 34.7 Å². The maximum Gasteiger partial charge on any atom is 0.300 e. The van der Waals surface area contributed by atoms with Crippen LogP contribution in [0.15, 0.2) is 78.4 Å². The van der Waals surface area contributed by atoms with Crippen molar-refractivity contribution in [3.8, 4) is 11.5 Å². The zero-order chi connectivity index (χ0) is 25.1. The molecule has 0 spiro atoms. The number of nitrogens with zero attached hydrogens (tertiary/aromatic N) is 1. The first-order valence-electron chi connectivity index (χ1n) is 11.4. The normalized spacial score (nSPS) is 17.2. The van der Waals surface area contributed by atoms with E-state index in [0.717, 1.165) is 0 Å². The van der Waals surface area contributed by atoms with Gasteiger partial charge in [0.1, 0.15) is 17.3 Å². The number of aliphatic hydroxyl groups is 1. The molecule has 1 heterocycles. The number of amides is 1. The molecule has 0 radical (unpaired) electrons. The summed E-state index contributed by atoms with van der Waals surface area (Å²) in [6, 6.07) is 19.7. The fourth-order valence-electron chi connectivity index (χ4n) is 4.08. The fourth-order valence-corrected chi connectivity index (χ4v) is 4.20. The van der Waals surface area contributed by atoms with Gasteiger partial charge in [-0.15, -0.1) is 0 Å². The van der Waals surface area contributed by atoms with Crippen molar-refractivity contribution in [3.63, 3.8) is 0 Å². The molecule has 4 rings (SSSR count). The zero-order valence-corrected chi connectivity index (χ0v) is 20.5. The maximum absolute atomic E-state index is 13.3. The van der Waals surface area contributed by atoms with Crippen molar-refractivity contribution in [1.29, 1.82) is 0 Å². The Kier molecular flexibility index (Phi) is 7.12. The Bertz CT molecular complexity index is 1270. The van der Waals surface area contributed by atoms with Crippen LogP contribution >= 0.6 is 11.6 Å². The second-order valence-electron chi connectivity index (χ2n) is 8.34. The third kappa shape index (κ3) is 5.03. The quantitative estimate of drug-likeness (QED) is 0.243. The van der Waals surface area contributed by atoms with Crippen LogP contribution in [-0.4, -0.2) is 29.5 Å². The number of Topliss-reactive ketones (excluding diaryl/α,β-unsaturated/α-hetero) is 1. The number of hydrogen-bond donors (Lipinski definition) is 1. The first-order valence-corrected chi connectivity index (χ1v) is 11.7. The maximum atomic E-state index is 13.3. The van der Waals surface area contributed by atoms with Gasteiger partial charge in [-0.3, -0.25) is 14.5 Å². The summed E-state index contributed by atoms with van der Waals surface area (Å²) in [4.78, 5) is 28.0. The number of hydrogen-bond acceptors (Lipinski definition) is 5. The molecule has 35 heavy (non-hydrogen) atoms. The monoisotopic (exact) mass is 491 g/mol. The predicted molar refractivity (Wildman–Crippen MR) is 136 cm³/mol. The number of rotatable bonds is 7. The Morgan fingerprint density at radius 3 is 2.31 bits per heavy atom. The van der Waals surface area contributed by atoms with Crippen molar-refractivity contribution in [2.24, 2.45) is 0 Å². The van der Waals surface area contributed by atoms with Gasteiger partial charge in [-0.2, -0.15) is 0 Å². The number of halogens is 1. The van der Waals surface area contributed by atoms with Crippen LogP contribution in [0.1, 0.15) is 37.9 Å². The molecule has 6 nitrogen and oxygen atoms in total. The third-order valence-corrected chi connectivity index (χ3v) is 5.79. The van der Waals surface area contributed by atoms with Crippen LogP contribution in [0, 0.1) is 0 Å². The van der Waals surface area contributed by atoms with E-state index in [0.29, 0.717) is 39.9 Å². The van der Waals surface area contributed by atoms with Crippen LogP contribution in [-0.2, 0) is 9.59 Å². The van der Waals surface area contributed by atoms with E-state index >= 15 is 0 Å². The van der Waals surface area contributed by atoms with Gasteiger partial charge < -0.3 is 14.6 Å². The van der Waals surface area contributed by atoms with Crippen LogP contribution in [0.4, 0.5) is 5.69 Å². The van der Waals surface area contributed by atoms with Gasteiger partial charge in [0.15, 0.2) is 0 Å². The van der Waals surface area contributed by atoms with Gasteiger partial charge in [0, 0.05) is 16.3 Å². The summed E-state index contributed by atoms with van der Waals surface area (Å²) < 4.78 is 11.4. The molecule has 0 aromatic heterocycles. The second kappa shape index (κ2) is 10.2. The van der Waals surface area contributed by atoms with Crippen molar-refractivity contribution in [1.82, 2.24) is 0 Å². The van der Waals surface area contributed by atoms with E-state index in [4.69, 9.17) is 21.1 Å². The van der Waals surface area contributed by atoms with Gasteiger partial charge >= 0.3 is 0 Å². The van der Waals surface area contributed by atoms with E-state index in [-0.39, 0.29) is 17.4 Å². The van der Waals surface area contributed by atoms with Gasteiger partial charge in [-0.1, -0.05) is 23.7 Å². The van der Waals surface area contributed by atoms with E-state index in [1.165, 1.54) is 4.90 Å². The van der Waals surface area contributed by atoms with Gasteiger partial charge in [0.2, 0.25) is 0 Å². The standard InChI is InChI=1S/C28H26ClNO5/c1-4-34-22-14-12-21(13-15-22)30-25(19-6-5-7-23(16-19)35-17(2)3)24(27(32)28(30)33)26(31)18-8-10-20(29)11-9-18/h5-17,25,31H,4H2,1-3H3/b26-24-. The van der Waals surface area contributed by atoms with Crippen LogP contribution in [0.3, 0.4) is 0 Å². The molecule has 0 saturated carbocycles. The number of anilines is 1. The lowest BCUT2D eigenvalue weighted by molar-refractivity contribution is -0.132. The van der Waals surface area contributed by atoms with Crippen LogP contribution in [0.5, 0.6) is 11.5 Å². The molecule has 1 atom stereocenters. The summed E-state index contributed by atoms with van der Waals surface area (Å²) in [5.74, 6) is -0.524. The highest BCUT2D eigenvalue weighted by Gasteiger charge is 2.47. The molecule has 0 bridgehead atoms. The highest BCUT2D eigenvalue weighted by atomic mass is 35.5. The van der Waals surface area contributed by atoms with Crippen molar-refractivity contribution in [2.75, 3.05) is 11.5 Å². The average molecular weight is 492 g/mol. The molecule has 3 aromatic carbocycles. The van der Waals surface area contributed by atoms with Crippen molar-refractivity contribution < 1.29 is 24.2 Å². The summed E-state index contributed by atoms with van der Waals surface area (Å²) in [6.45, 7) is 6.22. The van der Waals surface area contributed by atoms with Gasteiger partial charge in [0.25, 0.3) is 11.7 Å². The van der Waals surface area contributed by atoms with E-state index in [9.17, 15) is 14.7 Å². The highest BCUT2D eigenvalue weighted by molar-refractivity contribution is 6.51. The molecule has 1 unspecified atom stereocenters. The van der Waals surface area contributed by atoms with Gasteiger partial charge in [0.05, 0.1) is 24.3 Å². The summed E-state index contributed by atoms with van der Waals surface area (Å²) in [5, 5.41) is 11.7. The molecule has 1 N–H and O–H groups in total. The first kappa shape index (κ1) is 24.4. The van der Waals surface area contributed by atoms with Crippen molar-refractivity contribution in [2.45, 2.75) is 32.9 Å². The molecule has 0 aliphatic carbocycles. The minimum atomic E-state index is -0.862. The molecule has 7 heteroatoms. The molecule has 3 aromatic rings. The lowest BCUT2D eigenvalue weighted by atomic mass is 9.95. The smallest absolute Gasteiger partial charge is 0.300 e. The number of carbonyl (C=O) groups is 2. The zero-order valence-electron chi connectivity index (χ0n) is 19.7. The number of ether oxygens (including phenoxy) is 2. The van der Waals surface area contributed by atoms with E-state index < -0.39 is 17.7 Å². The molecule has 1 aliphatic rings. The largest absolute Gasteiger partial charge is 0.507 e. The molecule has 180 valence electrons. The minimum Gasteiger partial charge on any atom is -0.507 e. The fraction of sp³-hybridized carbons (Fsp3) is 0.214. The Morgan fingerprint density at radius 1 is 1.00 bits per heavy atom. The number of benzene rings is 3. The summed E-state index contributed by atoms with van der Waals surface area (Å²) in [6.07, 6.45) is -0.0585. The molecule has 1 aliphatic heterocycles. The van der Waals surface area contributed by atoms with E-state index in [1.54, 1.807) is 66.7 Å². The lowest BCUT2D eigenvalue weighted by Gasteiger charge is -2.26. The highest BCUT2D eigenvalue weighted by Crippen LogP contribution is 2.43. The van der Waals surface area contributed by atoms with Gasteiger partial charge in [-0.05, 0) is 87.0 Å². The lowest BCUT2D eigenvalue weighted by Crippen LogP contribution is -2.29. The second-order valence-corrected chi connectivity index (χ2v) is 8.78. The minimum absolute atomic E-state index is 0.00657. The topological polar surface area (TPSA) is 76.1 Å². The Labute approximate surface area is 209 Å². The van der Waals surface area contributed by atoms with Crippen LogP contribution in [0.25, 0.3) is 5.76 Å². The number of aliphatic hydroxyl groups excluding tert-OH is 1. The van der Waals surface area contributed by atoms with Crippen LogP contribution < -0.4 is 14.4 Å². The third-order valence-electron chi connectivity index (χ3n) is 5.53. The predicted octanol–water partition coefficient (Wildman–Crippen LogP) is 6.15. The van der Waals surface area contributed by atoms with E-state index in [2.05, 4.69) is 0 Å². The van der Waals surface area contributed by atoms with Gasteiger partial charge in [-0.25, -0.2) is 0 Å². The molecule has 1 fully saturated rings. The molecular formula is C28H26ClNO5. The molecule has 1 saturated heterocycles. The Balaban J connectivity index is 1.89. The summed E-state index contributed by atoms with van der Waals surface area (Å²) in [5.41, 5.74) is 1.52. The Hall–Kier alpha value is -3.77. The first-order chi connectivity index (χ1) is 16.8. The van der Waals surface area contributed by atoms with Crippen molar-refractivity contribution in [3.05, 3.63) is 94.5 Å². The average Bonchev–Trinajstić information content (AvgIpc) is 3.10. The Morgan fingerprint density at radius 2 is 1.69 bits per heavy atom. The SMILES string of the molecule is CCOc1ccc(N2C(=O)C(=O)/C(=C(\O)c3ccc(Cl)cc3)C2c2cccc(OC(C)C)c2)cc1. The van der Waals surface area contributed by atoms with E-state index in [1.807, 2.05) is 26.8 Å². The molecular weight excluding hydrogens is 466 g/mol. The van der Waals surface area contributed by atoms with Crippen LogP contribution in [0.2, 0.25) is 5.02 Å². The number of carbonyl (C=O) groups excluding carboxylic acids is 2. The summed E-state index contributed by atoms with van der Waals surface area (Å²) >= 11 is 6.00. The molecule has 1 amide bonds. The summed E-state index contributed by atoms with van der Waals surface area (Å²) in [7, 11) is 0.